The van der Waals surface area contributed by atoms with Gasteiger partial charge in [-0.15, -0.1) is 0 Å². The molecule has 0 saturated heterocycles. The number of amides is 3. The number of hydrogen-bond donors (Lipinski definition) is 2. The summed E-state index contributed by atoms with van der Waals surface area (Å²) in [5.74, 6) is -0.464. The van der Waals surface area contributed by atoms with E-state index in [0.29, 0.717) is 33.8 Å². The molecule has 0 fully saturated rings. The smallest absolute Gasteiger partial charge is 0.266 e. The van der Waals surface area contributed by atoms with Crippen molar-refractivity contribution in [3.8, 4) is 5.75 Å². The minimum atomic E-state index is -0.381. The molecule has 1 aliphatic rings. The van der Waals surface area contributed by atoms with Gasteiger partial charge >= 0.3 is 0 Å². The number of nitrogens with zero attached hydrogens (tertiary/aromatic N) is 1. The van der Waals surface area contributed by atoms with E-state index in [0.717, 1.165) is 4.90 Å². The third-order valence-corrected chi connectivity index (χ3v) is 5.08. The summed E-state index contributed by atoms with van der Waals surface area (Å²) in [5, 5.41) is 5.62. The molecule has 1 aliphatic heterocycles. The summed E-state index contributed by atoms with van der Waals surface area (Å²) in [6.45, 7) is 3.85. The lowest BCUT2D eigenvalue weighted by molar-refractivity contribution is 0.0923. The molecule has 2 N–H and O–H groups in total. The van der Waals surface area contributed by atoms with Crippen LogP contribution in [0.1, 0.15) is 44.9 Å². The Bertz CT molecular complexity index is 1220. The van der Waals surface area contributed by atoms with E-state index in [9.17, 15) is 14.4 Å². The summed E-state index contributed by atoms with van der Waals surface area (Å²) in [7, 11) is 0. The predicted molar refractivity (Wildman–Crippen MR) is 130 cm³/mol. The molecule has 0 aliphatic carbocycles. The van der Waals surface area contributed by atoms with Gasteiger partial charge in [0.25, 0.3) is 17.7 Å². The maximum absolute atomic E-state index is 12.7. The van der Waals surface area contributed by atoms with Crippen molar-refractivity contribution in [2.45, 2.75) is 20.0 Å². The van der Waals surface area contributed by atoms with Crippen molar-refractivity contribution in [1.82, 2.24) is 5.32 Å². The summed E-state index contributed by atoms with van der Waals surface area (Å²) in [6.07, 6.45) is 0.0394. The number of rotatable bonds is 5. The molecule has 0 bridgehead atoms. The van der Waals surface area contributed by atoms with E-state index in [2.05, 4.69) is 10.6 Å². The van der Waals surface area contributed by atoms with Crippen LogP contribution >= 0.6 is 12.2 Å². The second kappa shape index (κ2) is 9.22. The predicted octanol–water partition coefficient (Wildman–Crippen LogP) is 4.40. The molecular formula is C25H21N3O4S. The Morgan fingerprint density at radius 2 is 1.55 bits per heavy atom. The molecular weight excluding hydrogens is 438 g/mol. The van der Waals surface area contributed by atoms with E-state index in [1.807, 2.05) is 13.8 Å². The molecule has 0 unspecified atom stereocenters. The van der Waals surface area contributed by atoms with E-state index >= 15 is 0 Å². The van der Waals surface area contributed by atoms with E-state index in [1.165, 1.54) is 0 Å². The molecule has 7 nitrogen and oxygen atoms in total. The number of nitrogens with one attached hydrogen (secondary N) is 2. The maximum Gasteiger partial charge on any atom is 0.266 e. The van der Waals surface area contributed by atoms with Gasteiger partial charge in [0.1, 0.15) is 5.75 Å². The van der Waals surface area contributed by atoms with E-state index in [4.69, 9.17) is 17.0 Å². The third-order valence-electron chi connectivity index (χ3n) is 4.87. The van der Waals surface area contributed by atoms with Crippen LogP contribution in [0.2, 0.25) is 0 Å². The lowest BCUT2D eigenvalue weighted by atomic mass is 10.1. The number of thiocarbonyl (C=S) groups is 1. The van der Waals surface area contributed by atoms with Crippen molar-refractivity contribution in [3.63, 3.8) is 0 Å². The van der Waals surface area contributed by atoms with Gasteiger partial charge in [-0.05, 0) is 80.7 Å². The average Bonchev–Trinajstić information content (AvgIpc) is 3.04. The first-order valence-corrected chi connectivity index (χ1v) is 10.7. The number of carbonyl (C=O) groups excluding carboxylic acids is 3. The molecule has 166 valence electrons. The van der Waals surface area contributed by atoms with Crippen LogP contribution < -0.4 is 20.3 Å². The standard InChI is InChI=1S/C25H21N3O4S/c1-15(2)32-19-12-10-16(11-13-19)22(29)27-25(33)26-17-6-5-7-18(14-17)28-23(30)20-8-3-4-9-21(20)24(28)31/h3-15H,1-2H3,(H2,26,27,29,33). The van der Waals surface area contributed by atoms with Gasteiger partial charge in [-0.2, -0.15) is 0 Å². The lowest BCUT2D eigenvalue weighted by Gasteiger charge is -2.16. The molecule has 1 heterocycles. The van der Waals surface area contributed by atoms with E-state index < -0.39 is 0 Å². The Morgan fingerprint density at radius 1 is 0.909 bits per heavy atom. The number of fused-ring (bicyclic) bond motifs is 1. The summed E-state index contributed by atoms with van der Waals surface area (Å²) >= 11 is 5.26. The molecule has 0 spiro atoms. The maximum atomic E-state index is 12.7. The van der Waals surface area contributed by atoms with E-state index in [-0.39, 0.29) is 28.9 Å². The summed E-state index contributed by atoms with van der Waals surface area (Å²) in [6, 6.07) is 20.1. The Hall–Kier alpha value is -4.04. The summed E-state index contributed by atoms with van der Waals surface area (Å²) < 4.78 is 5.58. The number of imide groups is 1. The number of hydrogen-bond acceptors (Lipinski definition) is 5. The zero-order chi connectivity index (χ0) is 23.5. The molecule has 0 atom stereocenters. The van der Waals surface area contributed by atoms with Gasteiger partial charge in [0.15, 0.2) is 5.11 Å². The van der Waals surface area contributed by atoms with Crippen molar-refractivity contribution >= 4 is 46.4 Å². The first-order valence-electron chi connectivity index (χ1n) is 10.3. The molecule has 3 aromatic rings. The van der Waals surface area contributed by atoms with Crippen LogP contribution in [0.15, 0.2) is 72.8 Å². The topological polar surface area (TPSA) is 87.7 Å². The van der Waals surface area contributed by atoms with Gasteiger partial charge < -0.3 is 10.1 Å². The first kappa shape index (κ1) is 22.2. The Morgan fingerprint density at radius 3 is 2.15 bits per heavy atom. The van der Waals surface area contributed by atoms with Crippen LogP contribution in [-0.2, 0) is 0 Å². The largest absolute Gasteiger partial charge is 0.491 e. The van der Waals surface area contributed by atoms with Crippen molar-refractivity contribution in [2.75, 3.05) is 10.2 Å². The normalized spacial score (nSPS) is 12.5. The van der Waals surface area contributed by atoms with Crippen molar-refractivity contribution in [3.05, 3.63) is 89.5 Å². The quantitative estimate of drug-likeness (QED) is 0.434. The Kier molecular flexibility index (Phi) is 6.19. The van der Waals surface area contributed by atoms with Gasteiger partial charge in [-0.25, -0.2) is 4.90 Å². The number of carbonyl (C=O) groups is 3. The lowest BCUT2D eigenvalue weighted by Crippen LogP contribution is -2.34. The van der Waals surface area contributed by atoms with Crippen molar-refractivity contribution in [1.29, 1.82) is 0 Å². The van der Waals surface area contributed by atoms with Crippen LogP contribution in [0, 0.1) is 0 Å². The molecule has 8 heteroatoms. The average molecular weight is 460 g/mol. The van der Waals surface area contributed by atoms with Crippen LogP contribution in [0.4, 0.5) is 11.4 Å². The van der Waals surface area contributed by atoms with Crippen LogP contribution in [-0.4, -0.2) is 28.9 Å². The minimum absolute atomic E-state index is 0.0394. The molecule has 33 heavy (non-hydrogen) atoms. The van der Waals surface area contributed by atoms with Gasteiger partial charge in [0.05, 0.1) is 22.9 Å². The monoisotopic (exact) mass is 459 g/mol. The first-order chi connectivity index (χ1) is 15.8. The van der Waals surface area contributed by atoms with Gasteiger partial charge in [0.2, 0.25) is 0 Å². The summed E-state index contributed by atoms with van der Waals surface area (Å²) in [4.78, 5) is 39.1. The number of ether oxygens (including phenoxy) is 1. The Balaban J connectivity index is 1.43. The molecule has 0 saturated carbocycles. The fourth-order valence-electron chi connectivity index (χ4n) is 3.44. The van der Waals surface area contributed by atoms with Gasteiger partial charge in [-0.1, -0.05) is 18.2 Å². The van der Waals surface area contributed by atoms with Crippen molar-refractivity contribution < 1.29 is 19.1 Å². The van der Waals surface area contributed by atoms with E-state index in [1.54, 1.807) is 72.8 Å². The number of benzene rings is 3. The van der Waals surface area contributed by atoms with Crippen LogP contribution in [0.3, 0.4) is 0 Å². The molecule has 4 rings (SSSR count). The highest BCUT2D eigenvalue weighted by Gasteiger charge is 2.36. The second-order valence-corrected chi connectivity index (χ2v) is 8.05. The Labute approximate surface area is 196 Å². The van der Waals surface area contributed by atoms with Crippen LogP contribution in [0.25, 0.3) is 0 Å². The zero-order valence-electron chi connectivity index (χ0n) is 18.0. The number of anilines is 2. The van der Waals surface area contributed by atoms with Crippen molar-refractivity contribution in [2.24, 2.45) is 0 Å². The SMILES string of the molecule is CC(C)Oc1ccc(C(=O)NC(=S)Nc2cccc(N3C(=O)c4ccccc4C3=O)c2)cc1. The second-order valence-electron chi connectivity index (χ2n) is 7.64. The molecule has 0 radical (unpaired) electrons. The van der Waals surface area contributed by atoms with Gasteiger partial charge in [0, 0.05) is 11.3 Å². The molecule has 3 amide bonds. The minimum Gasteiger partial charge on any atom is -0.491 e. The fraction of sp³-hybridized carbons (Fsp3) is 0.120. The summed E-state index contributed by atoms with van der Waals surface area (Å²) in [5.41, 5.74) is 2.09. The highest BCUT2D eigenvalue weighted by molar-refractivity contribution is 7.80. The third kappa shape index (κ3) is 4.75. The fourth-order valence-corrected chi connectivity index (χ4v) is 3.65. The molecule has 0 aromatic heterocycles. The molecule has 3 aromatic carbocycles. The van der Waals surface area contributed by atoms with Gasteiger partial charge in [-0.3, -0.25) is 19.7 Å². The van der Waals surface area contributed by atoms with Crippen LogP contribution in [0.5, 0.6) is 5.75 Å². The highest BCUT2D eigenvalue weighted by atomic mass is 32.1. The highest BCUT2D eigenvalue weighted by Crippen LogP contribution is 2.29. The zero-order valence-corrected chi connectivity index (χ0v) is 18.8.